The minimum Gasteiger partial charge on any atom is -0.381 e. The summed E-state index contributed by atoms with van der Waals surface area (Å²) in [7, 11) is 0. The quantitative estimate of drug-likeness (QED) is 0.898. The van der Waals surface area contributed by atoms with E-state index in [0.29, 0.717) is 16.9 Å². The summed E-state index contributed by atoms with van der Waals surface area (Å²) < 4.78 is 19.1. The molecule has 0 radical (unpaired) electrons. The first-order valence-corrected chi connectivity index (χ1v) is 6.85. The van der Waals surface area contributed by atoms with Crippen LogP contribution < -0.4 is 11.1 Å². The van der Waals surface area contributed by atoms with E-state index in [1.54, 1.807) is 12.1 Å². The number of benzene rings is 1. The highest BCUT2D eigenvalue weighted by Crippen LogP contribution is 2.30. The molecule has 1 aliphatic rings. The van der Waals surface area contributed by atoms with Crippen molar-refractivity contribution in [2.24, 2.45) is 11.7 Å². The Bertz CT molecular complexity index is 423. The first-order valence-electron chi connectivity index (χ1n) is 6.06. The van der Waals surface area contributed by atoms with E-state index in [0.717, 1.165) is 25.3 Å². The van der Waals surface area contributed by atoms with Crippen molar-refractivity contribution in [1.82, 2.24) is 0 Å². The molecule has 0 spiro atoms. The van der Waals surface area contributed by atoms with Crippen LogP contribution in [0, 0.1) is 11.7 Å². The highest BCUT2D eigenvalue weighted by atomic mass is 79.9. The maximum absolute atomic E-state index is 13.2. The first kappa shape index (κ1) is 13.8. The second-order valence-electron chi connectivity index (χ2n) is 4.94. The van der Waals surface area contributed by atoms with Gasteiger partial charge >= 0.3 is 0 Å². The summed E-state index contributed by atoms with van der Waals surface area (Å²) in [5, 5.41) is 3.41. The fourth-order valence-corrected chi connectivity index (χ4v) is 2.64. The van der Waals surface area contributed by atoms with Crippen molar-refractivity contribution in [1.29, 1.82) is 0 Å². The average Bonchev–Trinajstić information content (AvgIpc) is 2.88. The molecule has 100 valence electrons. The van der Waals surface area contributed by atoms with Crippen molar-refractivity contribution >= 4 is 21.6 Å². The van der Waals surface area contributed by atoms with Crippen molar-refractivity contribution in [2.75, 3.05) is 25.1 Å². The van der Waals surface area contributed by atoms with Crippen LogP contribution in [-0.4, -0.2) is 25.3 Å². The molecule has 2 unspecified atom stereocenters. The van der Waals surface area contributed by atoms with Gasteiger partial charge in [0.1, 0.15) is 5.82 Å². The van der Waals surface area contributed by atoms with Gasteiger partial charge in [-0.1, -0.05) is 0 Å². The summed E-state index contributed by atoms with van der Waals surface area (Å²) in [6, 6.07) is 4.90. The highest BCUT2D eigenvalue weighted by molar-refractivity contribution is 9.10. The standard InChI is InChI=1S/C13H18BrFN2O/c1-13(8-16,9-4-5-18-7-9)17-10-2-3-12(15)11(14)6-10/h2-3,6,9,17H,4-5,7-8,16H2,1H3. The highest BCUT2D eigenvalue weighted by Gasteiger charge is 2.35. The van der Waals surface area contributed by atoms with Gasteiger partial charge in [0, 0.05) is 24.8 Å². The van der Waals surface area contributed by atoms with Crippen LogP contribution >= 0.6 is 15.9 Å². The van der Waals surface area contributed by atoms with Gasteiger partial charge in [-0.25, -0.2) is 4.39 Å². The minimum atomic E-state index is -0.265. The predicted octanol–water partition coefficient (Wildman–Crippen LogP) is 2.75. The zero-order valence-corrected chi connectivity index (χ0v) is 12.0. The SMILES string of the molecule is CC(CN)(Nc1ccc(F)c(Br)c1)C1CCOC1. The van der Waals surface area contributed by atoms with Crippen LogP contribution in [0.15, 0.2) is 22.7 Å². The summed E-state index contributed by atoms with van der Waals surface area (Å²) in [4.78, 5) is 0. The van der Waals surface area contributed by atoms with Gasteiger partial charge in [0.05, 0.1) is 16.6 Å². The molecule has 1 saturated heterocycles. The predicted molar refractivity (Wildman–Crippen MR) is 74.1 cm³/mol. The van der Waals surface area contributed by atoms with Gasteiger partial charge in [-0.2, -0.15) is 0 Å². The van der Waals surface area contributed by atoms with Gasteiger partial charge in [-0.3, -0.25) is 0 Å². The molecule has 0 saturated carbocycles. The number of hydrogen-bond donors (Lipinski definition) is 2. The Morgan fingerprint density at radius 2 is 2.39 bits per heavy atom. The Morgan fingerprint density at radius 3 is 2.94 bits per heavy atom. The number of rotatable bonds is 4. The van der Waals surface area contributed by atoms with Crippen molar-refractivity contribution in [3.8, 4) is 0 Å². The molecular weight excluding hydrogens is 299 g/mol. The molecule has 18 heavy (non-hydrogen) atoms. The first-order chi connectivity index (χ1) is 8.55. The third kappa shape index (κ3) is 2.84. The van der Waals surface area contributed by atoms with Gasteiger partial charge in [-0.05, 0) is 47.5 Å². The molecular formula is C13H18BrFN2O. The molecule has 0 amide bonds. The summed E-state index contributed by atoms with van der Waals surface area (Å²) in [6.45, 7) is 4.11. The van der Waals surface area contributed by atoms with Gasteiger partial charge in [0.2, 0.25) is 0 Å². The van der Waals surface area contributed by atoms with E-state index in [9.17, 15) is 4.39 Å². The summed E-state index contributed by atoms with van der Waals surface area (Å²) >= 11 is 3.19. The molecule has 2 rings (SSSR count). The topological polar surface area (TPSA) is 47.3 Å². The van der Waals surface area contributed by atoms with Crippen molar-refractivity contribution in [3.63, 3.8) is 0 Å². The number of ether oxygens (including phenoxy) is 1. The van der Waals surface area contributed by atoms with Crippen molar-refractivity contribution in [2.45, 2.75) is 18.9 Å². The van der Waals surface area contributed by atoms with Crippen LogP contribution in [0.3, 0.4) is 0 Å². The number of nitrogens with two attached hydrogens (primary N) is 1. The Morgan fingerprint density at radius 1 is 1.61 bits per heavy atom. The van der Waals surface area contributed by atoms with E-state index in [4.69, 9.17) is 10.5 Å². The molecule has 1 fully saturated rings. The third-order valence-electron chi connectivity index (χ3n) is 3.60. The van der Waals surface area contributed by atoms with Crippen LogP contribution in [0.1, 0.15) is 13.3 Å². The van der Waals surface area contributed by atoms with Crippen LogP contribution in [-0.2, 0) is 4.74 Å². The molecule has 3 N–H and O–H groups in total. The lowest BCUT2D eigenvalue weighted by Gasteiger charge is -2.35. The maximum atomic E-state index is 13.2. The molecule has 2 atom stereocenters. The summed E-state index contributed by atoms with van der Waals surface area (Å²) in [5.74, 6) is 0.116. The number of halogens is 2. The van der Waals surface area contributed by atoms with Crippen LogP contribution in [0.25, 0.3) is 0 Å². The van der Waals surface area contributed by atoms with E-state index < -0.39 is 0 Å². The van der Waals surface area contributed by atoms with Crippen molar-refractivity contribution in [3.05, 3.63) is 28.5 Å². The fourth-order valence-electron chi connectivity index (χ4n) is 2.26. The zero-order valence-electron chi connectivity index (χ0n) is 10.4. The molecule has 0 aliphatic carbocycles. The molecule has 1 aromatic carbocycles. The third-order valence-corrected chi connectivity index (χ3v) is 4.21. The lowest BCUT2D eigenvalue weighted by molar-refractivity contribution is 0.172. The van der Waals surface area contributed by atoms with Gasteiger partial charge in [0.25, 0.3) is 0 Å². The average molecular weight is 317 g/mol. The maximum Gasteiger partial charge on any atom is 0.137 e. The molecule has 1 aromatic rings. The van der Waals surface area contributed by atoms with Crippen LogP contribution in [0.2, 0.25) is 0 Å². The Hall–Kier alpha value is -0.650. The summed E-state index contributed by atoms with van der Waals surface area (Å²) in [6.07, 6.45) is 1.00. The number of nitrogens with one attached hydrogen (secondary N) is 1. The second kappa shape index (κ2) is 5.55. The van der Waals surface area contributed by atoms with Gasteiger partial charge in [0.15, 0.2) is 0 Å². The van der Waals surface area contributed by atoms with Gasteiger partial charge in [-0.15, -0.1) is 0 Å². The van der Waals surface area contributed by atoms with Crippen molar-refractivity contribution < 1.29 is 9.13 Å². The number of anilines is 1. The lowest BCUT2D eigenvalue weighted by Crippen LogP contribution is -2.49. The molecule has 0 bridgehead atoms. The minimum absolute atomic E-state index is 0.228. The molecule has 1 aliphatic heterocycles. The molecule has 0 aromatic heterocycles. The van der Waals surface area contributed by atoms with Gasteiger partial charge < -0.3 is 15.8 Å². The Labute approximate surface area is 115 Å². The van der Waals surface area contributed by atoms with E-state index in [1.807, 2.05) is 0 Å². The number of hydrogen-bond acceptors (Lipinski definition) is 3. The lowest BCUT2D eigenvalue weighted by atomic mass is 9.84. The summed E-state index contributed by atoms with van der Waals surface area (Å²) in [5.41, 5.74) is 6.53. The molecule has 1 heterocycles. The van der Waals surface area contributed by atoms with Crippen LogP contribution in [0.5, 0.6) is 0 Å². The van der Waals surface area contributed by atoms with E-state index in [-0.39, 0.29) is 11.4 Å². The normalized spacial score (nSPS) is 22.8. The Balaban J connectivity index is 2.15. The van der Waals surface area contributed by atoms with E-state index >= 15 is 0 Å². The van der Waals surface area contributed by atoms with E-state index in [2.05, 4.69) is 28.2 Å². The fraction of sp³-hybridized carbons (Fsp3) is 0.538. The smallest absolute Gasteiger partial charge is 0.137 e. The molecule has 3 nitrogen and oxygen atoms in total. The molecule has 5 heteroatoms. The Kier molecular flexibility index (Phi) is 4.25. The largest absolute Gasteiger partial charge is 0.381 e. The monoisotopic (exact) mass is 316 g/mol. The zero-order chi connectivity index (χ0) is 13.2. The second-order valence-corrected chi connectivity index (χ2v) is 5.79. The van der Waals surface area contributed by atoms with E-state index in [1.165, 1.54) is 6.07 Å². The van der Waals surface area contributed by atoms with Crippen LogP contribution in [0.4, 0.5) is 10.1 Å².